The molecule has 5 nitrogen and oxygen atoms in total. The Balaban J connectivity index is 1.65. The monoisotopic (exact) mass is 344 g/mol. The zero-order valence-corrected chi connectivity index (χ0v) is 13.5. The van der Waals surface area contributed by atoms with Gasteiger partial charge in [-0.25, -0.2) is 0 Å². The highest BCUT2D eigenvalue weighted by Crippen LogP contribution is 2.27. The van der Waals surface area contributed by atoms with Crippen LogP contribution in [0.1, 0.15) is 12.0 Å². The van der Waals surface area contributed by atoms with Gasteiger partial charge >= 0.3 is 0 Å². The van der Waals surface area contributed by atoms with Crippen molar-refractivity contribution in [1.82, 2.24) is 0 Å². The Hall–Kier alpha value is -2.53. The molecule has 1 aliphatic rings. The number of nitrogens with zero attached hydrogens (tertiary/aromatic N) is 1. The molecule has 0 unspecified atom stereocenters. The van der Waals surface area contributed by atoms with Gasteiger partial charge in [0, 0.05) is 41.1 Å². The maximum absolute atomic E-state index is 11.9. The minimum absolute atomic E-state index is 0.0207. The van der Waals surface area contributed by atoms with Crippen molar-refractivity contribution in [2.75, 3.05) is 11.4 Å². The van der Waals surface area contributed by atoms with Gasteiger partial charge in [-0.3, -0.25) is 4.79 Å². The topological polar surface area (TPSA) is 69.7 Å². The van der Waals surface area contributed by atoms with E-state index >= 15 is 0 Å². The van der Waals surface area contributed by atoms with Crippen LogP contribution in [0.5, 0.6) is 5.75 Å². The van der Waals surface area contributed by atoms with Crippen molar-refractivity contribution in [1.29, 1.82) is 0 Å². The van der Waals surface area contributed by atoms with E-state index in [1.54, 1.807) is 30.3 Å². The van der Waals surface area contributed by atoms with Crippen LogP contribution in [0.3, 0.4) is 0 Å². The first kappa shape index (κ1) is 16.3. The van der Waals surface area contributed by atoms with E-state index in [-0.39, 0.29) is 18.9 Å². The van der Waals surface area contributed by atoms with Gasteiger partial charge in [0.15, 0.2) is 0 Å². The van der Waals surface area contributed by atoms with Crippen molar-refractivity contribution in [3.63, 3.8) is 0 Å². The van der Waals surface area contributed by atoms with Gasteiger partial charge in [0.05, 0.1) is 0 Å². The molecule has 3 rings (SSSR count). The van der Waals surface area contributed by atoms with Crippen LogP contribution >= 0.6 is 11.6 Å². The predicted octanol–water partition coefficient (Wildman–Crippen LogP) is 2.02. The summed E-state index contributed by atoms with van der Waals surface area (Å²) in [4.78, 5) is 24.3. The minimum Gasteiger partial charge on any atom is -0.550 e. The van der Waals surface area contributed by atoms with Crippen molar-refractivity contribution in [3.8, 4) is 5.75 Å². The van der Waals surface area contributed by atoms with E-state index in [4.69, 9.17) is 16.3 Å². The Morgan fingerprint density at radius 2 is 1.92 bits per heavy atom. The largest absolute Gasteiger partial charge is 0.550 e. The number of carbonyl (C=O) groups is 2. The van der Waals surface area contributed by atoms with E-state index in [0.717, 1.165) is 5.56 Å². The Kier molecular flexibility index (Phi) is 4.71. The number of carboxylic acids is 1. The smallest absolute Gasteiger partial charge is 0.227 e. The van der Waals surface area contributed by atoms with Gasteiger partial charge in [-0.1, -0.05) is 29.8 Å². The van der Waals surface area contributed by atoms with Crippen LogP contribution in [0, 0.1) is 5.92 Å². The summed E-state index contributed by atoms with van der Waals surface area (Å²) in [6.45, 7) is 0.482. The zero-order valence-electron chi connectivity index (χ0n) is 12.8. The molecule has 1 saturated heterocycles. The molecule has 0 N–H and O–H groups in total. The van der Waals surface area contributed by atoms with Gasteiger partial charge in [0.1, 0.15) is 12.4 Å². The summed E-state index contributed by atoms with van der Waals surface area (Å²) in [5, 5.41) is 11.5. The molecule has 1 amide bonds. The van der Waals surface area contributed by atoms with Crippen LogP contribution in [-0.2, 0) is 16.2 Å². The second-order valence-electron chi connectivity index (χ2n) is 5.60. The van der Waals surface area contributed by atoms with Crippen molar-refractivity contribution in [2.24, 2.45) is 5.92 Å². The van der Waals surface area contributed by atoms with Crippen LogP contribution in [-0.4, -0.2) is 18.4 Å². The van der Waals surface area contributed by atoms with Crippen LogP contribution in [0.15, 0.2) is 48.5 Å². The van der Waals surface area contributed by atoms with Crippen molar-refractivity contribution in [3.05, 3.63) is 59.1 Å². The van der Waals surface area contributed by atoms with Crippen LogP contribution in [0.25, 0.3) is 0 Å². The quantitative estimate of drug-likeness (QED) is 0.832. The maximum atomic E-state index is 11.9. The van der Waals surface area contributed by atoms with Crippen molar-refractivity contribution < 1.29 is 19.4 Å². The van der Waals surface area contributed by atoms with E-state index in [2.05, 4.69) is 0 Å². The number of carbonyl (C=O) groups excluding carboxylic acids is 2. The number of amides is 1. The molecule has 1 atom stereocenters. The molecule has 2 aromatic carbocycles. The van der Waals surface area contributed by atoms with E-state index in [1.165, 1.54) is 4.90 Å². The standard InChI is InChI=1S/C18H16ClNO4/c19-16-4-2-1-3-12(16)11-24-15-7-5-14(6-8-15)20-10-13(18(22)23)9-17(20)21/h1-8,13H,9-11H2,(H,22,23)/p-1/t13-/m1/s1. The van der Waals surface area contributed by atoms with Crippen molar-refractivity contribution in [2.45, 2.75) is 13.0 Å². The van der Waals surface area contributed by atoms with Gasteiger partial charge in [0.25, 0.3) is 0 Å². The van der Waals surface area contributed by atoms with E-state index < -0.39 is 11.9 Å². The fourth-order valence-electron chi connectivity index (χ4n) is 2.61. The number of hydrogen-bond donors (Lipinski definition) is 0. The normalized spacial score (nSPS) is 17.1. The molecule has 124 valence electrons. The molecule has 0 saturated carbocycles. The third-order valence-corrected chi connectivity index (χ3v) is 4.33. The fourth-order valence-corrected chi connectivity index (χ4v) is 2.80. The maximum Gasteiger partial charge on any atom is 0.227 e. The molecular weight excluding hydrogens is 330 g/mol. The Bertz CT molecular complexity index is 760. The van der Waals surface area contributed by atoms with E-state index in [9.17, 15) is 14.7 Å². The van der Waals surface area contributed by atoms with Gasteiger partial charge in [-0.15, -0.1) is 0 Å². The lowest BCUT2D eigenvalue weighted by Gasteiger charge is -2.17. The summed E-state index contributed by atoms with van der Waals surface area (Å²) in [6.07, 6.45) is -0.0207. The number of ether oxygens (including phenoxy) is 1. The lowest BCUT2D eigenvalue weighted by molar-refractivity contribution is -0.310. The summed E-state index contributed by atoms with van der Waals surface area (Å²) in [5.74, 6) is -1.52. The molecule has 0 aliphatic carbocycles. The van der Waals surface area contributed by atoms with E-state index in [0.29, 0.717) is 23.1 Å². The van der Waals surface area contributed by atoms with Crippen LogP contribution in [0.2, 0.25) is 5.02 Å². The molecule has 24 heavy (non-hydrogen) atoms. The van der Waals surface area contributed by atoms with Crippen molar-refractivity contribution >= 4 is 29.2 Å². The summed E-state index contributed by atoms with van der Waals surface area (Å²) < 4.78 is 5.68. The molecule has 1 heterocycles. The Morgan fingerprint density at radius 3 is 2.54 bits per heavy atom. The summed E-state index contributed by atoms with van der Waals surface area (Å²) in [6, 6.07) is 14.4. The molecule has 0 radical (unpaired) electrons. The van der Waals surface area contributed by atoms with Gasteiger partial charge in [-0.05, 0) is 30.3 Å². The second-order valence-corrected chi connectivity index (χ2v) is 6.01. The van der Waals surface area contributed by atoms with Crippen LogP contribution in [0.4, 0.5) is 5.69 Å². The number of carboxylic acid groups (broad SMARTS) is 1. The number of anilines is 1. The molecule has 0 spiro atoms. The average Bonchev–Trinajstić information content (AvgIpc) is 2.97. The average molecular weight is 345 g/mol. The zero-order chi connectivity index (χ0) is 17.1. The van der Waals surface area contributed by atoms with E-state index in [1.807, 2.05) is 18.2 Å². The van der Waals surface area contributed by atoms with Crippen LogP contribution < -0.4 is 14.7 Å². The summed E-state index contributed by atoms with van der Waals surface area (Å²) in [5.41, 5.74) is 1.53. The predicted molar refractivity (Wildman–Crippen MR) is 87.7 cm³/mol. The van der Waals surface area contributed by atoms with Gasteiger partial charge in [0.2, 0.25) is 5.91 Å². The summed E-state index contributed by atoms with van der Waals surface area (Å²) >= 11 is 6.08. The highest BCUT2D eigenvalue weighted by atomic mass is 35.5. The Morgan fingerprint density at radius 1 is 1.21 bits per heavy atom. The highest BCUT2D eigenvalue weighted by Gasteiger charge is 2.31. The third-order valence-electron chi connectivity index (χ3n) is 3.96. The highest BCUT2D eigenvalue weighted by molar-refractivity contribution is 6.31. The molecule has 6 heteroatoms. The molecule has 2 aromatic rings. The first-order valence-electron chi connectivity index (χ1n) is 7.52. The third kappa shape index (κ3) is 3.51. The molecule has 1 fully saturated rings. The van der Waals surface area contributed by atoms with Gasteiger partial charge in [-0.2, -0.15) is 0 Å². The molecular formula is C18H15ClNO4-. The number of aliphatic carboxylic acids is 1. The number of rotatable bonds is 5. The lowest BCUT2D eigenvalue weighted by atomic mass is 10.1. The Labute approximate surface area is 144 Å². The molecule has 1 aliphatic heterocycles. The number of halogens is 1. The molecule has 0 aromatic heterocycles. The second kappa shape index (κ2) is 6.93. The number of benzene rings is 2. The molecule has 0 bridgehead atoms. The summed E-state index contributed by atoms with van der Waals surface area (Å²) in [7, 11) is 0. The first-order valence-corrected chi connectivity index (χ1v) is 7.90. The SMILES string of the molecule is O=C([O-])[C@@H]1CC(=O)N(c2ccc(OCc3ccccc3Cl)cc2)C1. The lowest BCUT2D eigenvalue weighted by Crippen LogP contribution is -2.33. The number of hydrogen-bond acceptors (Lipinski definition) is 4. The minimum atomic E-state index is -1.19. The fraction of sp³-hybridized carbons (Fsp3) is 0.222. The first-order chi connectivity index (χ1) is 11.5. The van der Waals surface area contributed by atoms with Gasteiger partial charge < -0.3 is 19.5 Å².